The fraction of sp³-hybridized carbons (Fsp3) is 0.429. The van der Waals surface area contributed by atoms with Crippen LogP contribution in [0.4, 0.5) is 5.69 Å². The van der Waals surface area contributed by atoms with Crippen LogP contribution in [0.15, 0.2) is 28.9 Å². The molecule has 1 aromatic heterocycles. The van der Waals surface area contributed by atoms with Crippen molar-refractivity contribution in [2.75, 3.05) is 19.0 Å². The zero-order valence-electron chi connectivity index (χ0n) is 10.9. The Hall–Kier alpha value is -1.68. The van der Waals surface area contributed by atoms with Crippen LogP contribution in [0, 0.1) is 0 Å². The number of rotatable bonds is 6. The number of nitrogens with two attached hydrogens (primary N) is 1. The summed E-state index contributed by atoms with van der Waals surface area (Å²) < 4.78 is 10.8. The predicted molar refractivity (Wildman–Crippen MR) is 74.1 cm³/mol. The van der Waals surface area contributed by atoms with Crippen molar-refractivity contribution in [1.29, 1.82) is 0 Å². The van der Waals surface area contributed by atoms with Gasteiger partial charge in [0.05, 0.1) is 19.1 Å². The van der Waals surface area contributed by atoms with Crippen LogP contribution in [-0.2, 0) is 0 Å². The lowest BCUT2D eigenvalue weighted by Crippen LogP contribution is -2.16. The average Bonchev–Trinajstić information content (AvgIpc) is 2.84. The van der Waals surface area contributed by atoms with Gasteiger partial charge in [-0.3, -0.25) is 0 Å². The van der Waals surface area contributed by atoms with Crippen LogP contribution in [-0.4, -0.2) is 19.7 Å². The molecular formula is C14H20N2O2. The molecule has 0 aliphatic heterocycles. The zero-order chi connectivity index (χ0) is 13.0. The van der Waals surface area contributed by atoms with Crippen molar-refractivity contribution in [2.24, 2.45) is 5.73 Å². The van der Waals surface area contributed by atoms with E-state index in [9.17, 15) is 0 Å². The Morgan fingerprint density at radius 3 is 3.00 bits per heavy atom. The summed E-state index contributed by atoms with van der Waals surface area (Å²) in [4.78, 5) is 0. The summed E-state index contributed by atoms with van der Waals surface area (Å²) in [6.07, 6.45) is 3.75. The fourth-order valence-corrected chi connectivity index (χ4v) is 2.04. The van der Waals surface area contributed by atoms with E-state index in [0.717, 1.165) is 41.8 Å². The largest absolute Gasteiger partial charge is 0.497 e. The molecule has 0 spiro atoms. The first kappa shape index (κ1) is 12.8. The third kappa shape index (κ3) is 2.76. The van der Waals surface area contributed by atoms with Gasteiger partial charge in [-0.1, -0.05) is 0 Å². The molecule has 0 saturated carbocycles. The molecule has 2 aromatic rings. The molecule has 0 bridgehead atoms. The van der Waals surface area contributed by atoms with E-state index in [4.69, 9.17) is 14.9 Å². The molecule has 1 atom stereocenters. The van der Waals surface area contributed by atoms with Crippen LogP contribution in [0.2, 0.25) is 0 Å². The Morgan fingerprint density at radius 1 is 1.44 bits per heavy atom. The maximum absolute atomic E-state index is 5.52. The Morgan fingerprint density at radius 2 is 2.28 bits per heavy atom. The number of methoxy groups -OCH3 is 1. The Kier molecular flexibility index (Phi) is 4.10. The van der Waals surface area contributed by atoms with Gasteiger partial charge in [-0.2, -0.15) is 0 Å². The maximum atomic E-state index is 5.52. The van der Waals surface area contributed by atoms with E-state index in [1.54, 1.807) is 13.4 Å². The lowest BCUT2D eigenvalue weighted by atomic mass is 10.1. The molecule has 1 heterocycles. The van der Waals surface area contributed by atoms with Crippen molar-refractivity contribution in [3.8, 4) is 5.75 Å². The van der Waals surface area contributed by atoms with E-state index >= 15 is 0 Å². The smallest absolute Gasteiger partial charge is 0.157 e. The van der Waals surface area contributed by atoms with Crippen LogP contribution in [0.1, 0.15) is 19.8 Å². The molecule has 4 nitrogen and oxygen atoms in total. The molecule has 0 saturated heterocycles. The van der Waals surface area contributed by atoms with Crippen molar-refractivity contribution in [1.82, 2.24) is 0 Å². The molecule has 0 amide bonds. The first-order valence-electron chi connectivity index (χ1n) is 6.26. The number of anilines is 1. The Bertz CT molecular complexity index is 507. The third-order valence-corrected chi connectivity index (χ3v) is 3.00. The molecule has 0 aliphatic carbocycles. The van der Waals surface area contributed by atoms with Crippen molar-refractivity contribution >= 4 is 16.7 Å². The second-order valence-electron chi connectivity index (χ2n) is 4.49. The minimum atomic E-state index is 0.356. The highest BCUT2D eigenvalue weighted by atomic mass is 16.5. The van der Waals surface area contributed by atoms with Crippen molar-refractivity contribution < 1.29 is 9.15 Å². The zero-order valence-corrected chi connectivity index (χ0v) is 10.9. The highest BCUT2D eigenvalue weighted by Crippen LogP contribution is 2.30. The normalized spacial score (nSPS) is 12.6. The van der Waals surface area contributed by atoms with Gasteiger partial charge < -0.3 is 20.2 Å². The number of furan rings is 1. The van der Waals surface area contributed by atoms with Gasteiger partial charge in [-0.25, -0.2) is 0 Å². The van der Waals surface area contributed by atoms with Gasteiger partial charge in [0.2, 0.25) is 0 Å². The molecule has 0 radical (unpaired) electrons. The van der Waals surface area contributed by atoms with Gasteiger partial charge in [0.1, 0.15) is 5.75 Å². The second kappa shape index (κ2) is 5.78. The summed E-state index contributed by atoms with van der Waals surface area (Å²) >= 11 is 0. The number of hydrogen-bond acceptors (Lipinski definition) is 4. The molecule has 3 N–H and O–H groups in total. The molecular weight excluding hydrogens is 228 g/mol. The van der Waals surface area contributed by atoms with Crippen LogP contribution < -0.4 is 15.8 Å². The molecule has 4 heteroatoms. The minimum Gasteiger partial charge on any atom is -0.497 e. The number of hydrogen-bond donors (Lipinski definition) is 2. The summed E-state index contributed by atoms with van der Waals surface area (Å²) in [5, 5.41) is 4.50. The number of nitrogens with one attached hydrogen (secondary N) is 1. The van der Waals surface area contributed by atoms with E-state index in [1.165, 1.54) is 0 Å². The quantitative estimate of drug-likeness (QED) is 0.825. The van der Waals surface area contributed by atoms with Crippen LogP contribution >= 0.6 is 0 Å². The lowest BCUT2D eigenvalue weighted by molar-refractivity contribution is 0.415. The van der Waals surface area contributed by atoms with Gasteiger partial charge in [0, 0.05) is 17.5 Å². The molecule has 1 unspecified atom stereocenters. The van der Waals surface area contributed by atoms with Gasteiger partial charge in [0.25, 0.3) is 0 Å². The van der Waals surface area contributed by atoms with E-state index in [-0.39, 0.29) is 0 Å². The molecule has 1 aromatic carbocycles. The third-order valence-electron chi connectivity index (χ3n) is 3.00. The molecule has 98 valence electrons. The summed E-state index contributed by atoms with van der Waals surface area (Å²) in [6.45, 7) is 2.87. The summed E-state index contributed by atoms with van der Waals surface area (Å²) in [7, 11) is 1.67. The molecule has 2 rings (SSSR count). The summed E-state index contributed by atoms with van der Waals surface area (Å²) in [5.41, 5.74) is 7.37. The van der Waals surface area contributed by atoms with Gasteiger partial charge >= 0.3 is 0 Å². The number of ether oxygens (including phenoxy) is 1. The topological polar surface area (TPSA) is 60.4 Å². The molecule has 18 heavy (non-hydrogen) atoms. The van der Waals surface area contributed by atoms with E-state index in [2.05, 4.69) is 12.2 Å². The predicted octanol–water partition coefficient (Wildman–Crippen LogP) is 2.98. The van der Waals surface area contributed by atoms with E-state index < -0.39 is 0 Å². The first-order chi connectivity index (χ1) is 8.74. The second-order valence-corrected chi connectivity index (χ2v) is 4.49. The monoisotopic (exact) mass is 248 g/mol. The minimum absolute atomic E-state index is 0.356. The highest BCUT2D eigenvalue weighted by Gasteiger charge is 2.10. The number of fused-ring (bicyclic) bond motifs is 1. The SMILES string of the molecule is COc1cc(NC(C)CCCN)c2occc2c1. The van der Waals surface area contributed by atoms with Gasteiger partial charge in [-0.15, -0.1) is 0 Å². The highest BCUT2D eigenvalue weighted by molar-refractivity contribution is 5.90. The van der Waals surface area contributed by atoms with Crippen molar-refractivity contribution in [3.63, 3.8) is 0 Å². The molecule has 0 aliphatic rings. The maximum Gasteiger partial charge on any atom is 0.157 e. The summed E-state index contributed by atoms with van der Waals surface area (Å²) in [5.74, 6) is 0.831. The van der Waals surface area contributed by atoms with E-state index in [0.29, 0.717) is 6.04 Å². The van der Waals surface area contributed by atoms with Gasteiger partial charge in [0.15, 0.2) is 5.58 Å². The van der Waals surface area contributed by atoms with Gasteiger partial charge in [-0.05, 0) is 38.4 Å². The first-order valence-corrected chi connectivity index (χ1v) is 6.26. The molecule has 0 fully saturated rings. The average molecular weight is 248 g/mol. The fourth-order valence-electron chi connectivity index (χ4n) is 2.04. The summed E-state index contributed by atoms with van der Waals surface area (Å²) in [6, 6.07) is 6.22. The van der Waals surface area contributed by atoms with Crippen LogP contribution in [0.3, 0.4) is 0 Å². The van der Waals surface area contributed by atoms with Crippen LogP contribution in [0.25, 0.3) is 11.0 Å². The van der Waals surface area contributed by atoms with E-state index in [1.807, 2.05) is 18.2 Å². The lowest BCUT2D eigenvalue weighted by Gasteiger charge is -2.15. The standard InChI is InChI=1S/C14H20N2O2/c1-10(4-3-6-15)16-13-9-12(17-2)8-11-5-7-18-14(11)13/h5,7-10,16H,3-4,6,15H2,1-2H3. The van der Waals surface area contributed by atoms with Crippen molar-refractivity contribution in [2.45, 2.75) is 25.8 Å². The Labute approximate surface area is 107 Å². The van der Waals surface area contributed by atoms with Crippen molar-refractivity contribution in [3.05, 3.63) is 24.5 Å². The Balaban J connectivity index is 2.22. The number of benzene rings is 1. The van der Waals surface area contributed by atoms with Crippen LogP contribution in [0.5, 0.6) is 5.75 Å².